The third-order valence-electron chi connectivity index (χ3n) is 3.33. The highest BCUT2D eigenvalue weighted by Gasteiger charge is 2.09. The Hall–Kier alpha value is -1.61. The normalized spacial score (nSPS) is 12.6. The van der Waals surface area contributed by atoms with Crippen molar-refractivity contribution < 1.29 is 0 Å². The van der Waals surface area contributed by atoms with Gasteiger partial charge in [-0.2, -0.15) is 0 Å². The molecule has 1 aromatic heterocycles. The van der Waals surface area contributed by atoms with E-state index in [0.29, 0.717) is 6.04 Å². The van der Waals surface area contributed by atoms with E-state index >= 15 is 0 Å². The fraction of sp³-hybridized carbons (Fsp3) is 0.400. The van der Waals surface area contributed by atoms with Crippen molar-refractivity contribution in [2.45, 2.75) is 32.9 Å². The second-order valence-corrected chi connectivity index (χ2v) is 4.75. The molecule has 0 amide bonds. The molecule has 2 rings (SSSR count). The summed E-state index contributed by atoms with van der Waals surface area (Å²) in [6, 6.07) is 9.16. The summed E-state index contributed by atoms with van der Waals surface area (Å²) in [5.41, 5.74) is 3.87. The summed E-state index contributed by atoms with van der Waals surface area (Å²) < 4.78 is 2.05. The lowest BCUT2D eigenvalue weighted by molar-refractivity contribution is 0.508. The van der Waals surface area contributed by atoms with Crippen molar-refractivity contribution in [2.75, 3.05) is 0 Å². The van der Waals surface area contributed by atoms with Crippen molar-refractivity contribution in [3.63, 3.8) is 0 Å². The molecule has 0 aliphatic carbocycles. The van der Waals surface area contributed by atoms with E-state index in [1.165, 1.54) is 16.8 Å². The van der Waals surface area contributed by atoms with Crippen molar-refractivity contribution in [1.29, 1.82) is 0 Å². The summed E-state index contributed by atoms with van der Waals surface area (Å²) in [6.07, 6.45) is 4.83. The van der Waals surface area contributed by atoms with Gasteiger partial charge in [0.05, 0.1) is 12.0 Å². The number of imidazole rings is 1. The standard InChI is InChI=1S/C15H21N3/c1-4-15(13-7-5-12(2)6-8-13)17-10-14-9-16-11-18(14)3/h5-9,11,15,17H,4,10H2,1-3H3. The molecule has 0 radical (unpaired) electrons. The first-order chi connectivity index (χ1) is 8.70. The smallest absolute Gasteiger partial charge is 0.0945 e. The molecule has 0 bridgehead atoms. The average Bonchev–Trinajstić information content (AvgIpc) is 2.78. The van der Waals surface area contributed by atoms with Crippen LogP contribution >= 0.6 is 0 Å². The zero-order valence-corrected chi connectivity index (χ0v) is 11.4. The van der Waals surface area contributed by atoms with Crippen LogP contribution < -0.4 is 5.32 Å². The van der Waals surface area contributed by atoms with Crippen molar-refractivity contribution >= 4 is 0 Å². The van der Waals surface area contributed by atoms with Gasteiger partial charge >= 0.3 is 0 Å². The van der Waals surface area contributed by atoms with Gasteiger partial charge < -0.3 is 9.88 Å². The van der Waals surface area contributed by atoms with Gasteiger partial charge in [0.2, 0.25) is 0 Å². The Labute approximate surface area is 109 Å². The fourth-order valence-corrected chi connectivity index (χ4v) is 2.08. The molecule has 0 saturated carbocycles. The summed E-state index contributed by atoms with van der Waals surface area (Å²) in [7, 11) is 2.02. The minimum atomic E-state index is 0.403. The zero-order valence-electron chi connectivity index (χ0n) is 11.4. The van der Waals surface area contributed by atoms with Crippen molar-refractivity contribution in [3.05, 3.63) is 53.6 Å². The minimum absolute atomic E-state index is 0.403. The molecule has 1 unspecified atom stereocenters. The Morgan fingerprint density at radius 2 is 2.00 bits per heavy atom. The van der Waals surface area contributed by atoms with Gasteiger partial charge in [-0.25, -0.2) is 4.98 Å². The highest BCUT2D eigenvalue weighted by atomic mass is 15.0. The topological polar surface area (TPSA) is 29.9 Å². The first-order valence-corrected chi connectivity index (χ1v) is 6.46. The molecule has 0 spiro atoms. The number of aryl methyl sites for hydroxylation is 2. The number of aromatic nitrogens is 2. The largest absolute Gasteiger partial charge is 0.337 e. The molecular weight excluding hydrogens is 222 g/mol. The summed E-state index contributed by atoms with van der Waals surface area (Å²) in [4.78, 5) is 4.13. The van der Waals surface area contributed by atoms with Crippen LogP contribution in [0.5, 0.6) is 0 Å². The Morgan fingerprint density at radius 1 is 1.28 bits per heavy atom. The molecular formula is C15H21N3. The van der Waals surface area contributed by atoms with Gasteiger partial charge in [0, 0.05) is 25.8 Å². The van der Waals surface area contributed by atoms with E-state index in [-0.39, 0.29) is 0 Å². The first-order valence-electron chi connectivity index (χ1n) is 6.46. The maximum absolute atomic E-state index is 4.13. The number of nitrogens with zero attached hydrogens (tertiary/aromatic N) is 2. The molecule has 1 heterocycles. The van der Waals surface area contributed by atoms with Gasteiger partial charge in [-0.15, -0.1) is 0 Å². The van der Waals surface area contributed by atoms with Crippen LogP contribution in [0, 0.1) is 6.92 Å². The van der Waals surface area contributed by atoms with Crippen LogP contribution in [0.25, 0.3) is 0 Å². The molecule has 1 aromatic carbocycles. The Kier molecular flexibility index (Phi) is 4.15. The quantitative estimate of drug-likeness (QED) is 0.875. The molecule has 1 N–H and O–H groups in total. The molecule has 0 saturated heterocycles. The number of hydrogen-bond acceptors (Lipinski definition) is 2. The van der Waals surface area contributed by atoms with Crippen LogP contribution in [0.1, 0.15) is 36.2 Å². The molecule has 3 heteroatoms. The van der Waals surface area contributed by atoms with Crippen molar-refractivity contribution in [2.24, 2.45) is 7.05 Å². The van der Waals surface area contributed by atoms with Crippen LogP contribution in [0.2, 0.25) is 0 Å². The molecule has 96 valence electrons. The number of rotatable bonds is 5. The van der Waals surface area contributed by atoms with Gasteiger partial charge in [-0.1, -0.05) is 36.8 Å². The van der Waals surface area contributed by atoms with Gasteiger partial charge in [0.25, 0.3) is 0 Å². The Balaban J connectivity index is 2.01. The molecule has 1 atom stereocenters. The minimum Gasteiger partial charge on any atom is -0.337 e. The zero-order chi connectivity index (χ0) is 13.0. The van der Waals surface area contributed by atoms with E-state index in [9.17, 15) is 0 Å². The fourth-order valence-electron chi connectivity index (χ4n) is 2.08. The van der Waals surface area contributed by atoms with Gasteiger partial charge in [0.1, 0.15) is 0 Å². The highest BCUT2D eigenvalue weighted by Crippen LogP contribution is 2.17. The van der Waals surface area contributed by atoms with Crippen LogP contribution in [0.3, 0.4) is 0 Å². The third kappa shape index (κ3) is 2.99. The summed E-state index contributed by atoms with van der Waals surface area (Å²) >= 11 is 0. The van der Waals surface area contributed by atoms with Crippen LogP contribution in [-0.4, -0.2) is 9.55 Å². The second-order valence-electron chi connectivity index (χ2n) is 4.75. The summed E-state index contributed by atoms with van der Waals surface area (Å²) in [5.74, 6) is 0. The predicted octanol–water partition coefficient (Wildman–Crippen LogP) is 2.97. The average molecular weight is 243 g/mol. The van der Waals surface area contributed by atoms with E-state index in [0.717, 1.165) is 13.0 Å². The van der Waals surface area contributed by atoms with Crippen LogP contribution in [0.15, 0.2) is 36.8 Å². The Morgan fingerprint density at radius 3 is 2.56 bits per heavy atom. The lowest BCUT2D eigenvalue weighted by Gasteiger charge is -2.17. The molecule has 0 aliphatic rings. The van der Waals surface area contributed by atoms with Gasteiger partial charge in [-0.3, -0.25) is 0 Å². The van der Waals surface area contributed by atoms with Crippen molar-refractivity contribution in [1.82, 2.24) is 14.9 Å². The van der Waals surface area contributed by atoms with Gasteiger partial charge in [-0.05, 0) is 18.9 Å². The molecule has 2 aromatic rings. The number of hydrogen-bond donors (Lipinski definition) is 1. The lowest BCUT2D eigenvalue weighted by atomic mass is 10.0. The second kappa shape index (κ2) is 5.83. The van der Waals surface area contributed by atoms with E-state index in [1.54, 1.807) is 0 Å². The molecule has 0 fully saturated rings. The first kappa shape index (κ1) is 12.8. The predicted molar refractivity (Wildman–Crippen MR) is 74.3 cm³/mol. The maximum atomic E-state index is 4.13. The molecule has 0 aliphatic heterocycles. The molecule has 18 heavy (non-hydrogen) atoms. The highest BCUT2D eigenvalue weighted by molar-refractivity contribution is 5.24. The number of nitrogens with one attached hydrogen (secondary N) is 1. The SMILES string of the molecule is CCC(NCc1cncn1C)c1ccc(C)cc1. The maximum Gasteiger partial charge on any atom is 0.0945 e. The van der Waals surface area contributed by atoms with E-state index in [1.807, 2.05) is 19.6 Å². The number of benzene rings is 1. The Bertz CT molecular complexity index is 485. The van der Waals surface area contributed by atoms with E-state index < -0.39 is 0 Å². The summed E-state index contributed by atoms with van der Waals surface area (Å²) in [5, 5.41) is 3.59. The van der Waals surface area contributed by atoms with E-state index in [4.69, 9.17) is 0 Å². The lowest BCUT2D eigenvalue weighted by Crippen LogP contribution is -2.21. The monoisotopic (exact) mass is 243 g/mol. The van der Waals surface area contributed by atoms with Crippen LogP contribution in [0.4, 0.5) is 0 Å². The third-order valence-corrected chi connectivity index (χ3v) is 3.33. The molecule has 3 nitrogen and oxygen atoms in total. The van der Waals surface area contributed by atoms with Crippen molar-refractivity contribution in [3.8, 4) is 0 Å². The van der Waals surface area contributed by atoms with E-state index in [2.05, 4.69) is 53.0 Å². The van der Waals surface area contributed by atoms with Gasteiger partial charge in [0.15, 0.2) is 0 Å². The van der Waals surface area contributed by atoms with Crippen LogP contribution in [-0.2, 0) is 13.6 Å². The summed E-state index contributed by atoms with van der Waals surface area (Å²) in [6.45, 7) is 5.18.